The Labute approximate surface area is 118 Å². The Balaban J connectivity index is 2.30. The summed E-state index contributed by atoms with van der Waals surface area (Å²) in [7, 11) is 0. The van der Waals surface area contributed by atoms with Gasteiger partial charge in [-0.1, -0.05) is 15.9 Å². The van der Waals surface area contributed by atoms with Gasteiger partial charge in [-0.2, -0.15) is 0 Å². The molecule has 19 heavy (non-hydrogen) atoms. The molecule has 0 unspecified atom stereocenters. The summed E-state index contributed by atoms with van der Waals surface area (Å²) in [5.74, 6) is -2.36. The van der Waals surface area contributed by atoms with Crippen molar-refractivity contribution in [2.24, 2.45) is 0 Å². The molecule has 1 heterocycles. The first-order chi connectivity index (χ1) is 8.80. The summed E-state index contributed by atoms with van der Waals surface area (Å²) in [6.45, 7) is 4.66. The molecule has 3 nitrogen and oxygen atoms in total. The van der Waals surface area contributed by atoms with E-state index < -0.39 is 28.7 Å². The number of nitrogens with zero attached hydrogens (tertiary/aromatic N) is 1. The van der Waals surface area contributed by atoms with Crippen LogP contribution in [0.1, 0.15) is 24.2 Å². The normalized spacial score (nSPS) is 18.5. The molecule has 0 aromatic heterocycles. The number of hydrogen-bond donors (Lipinski definition) is 0. The van der Waals surface area contributed by atoms with Crippen molar-refractivity contribution >= 4 is 21.8 Å². The molecule has 0 bridgehead atoms. The van der Waals surface area contributed by atoms with Gasteiger partial charge in [0.15, 0.2) is 0 Å². The van der Waals surface area contributed by atoms with E-state index in [1.54, 1.807) is 0 Å². The van der Waals surface area contributed by atoms with E-state index in [0.717, 1.165) is 12.1 Å². The molecule has 1 aliphatic rings. The van der Waals surface area contributed by atoms with Gasteiger partial charge in [0.25, 0.3) is 5.91 Å². The van der Waals surface area contributed by atoms with Crippen LogP contribution in [0.5, 0.6) is 0 Å². The Morgan fingerprint density at radius 3 is 2.47 bits per heavy atom. The van der Waals surface area contributed by atoms with Gasteiger partial charge in [0, 0.05) is 17.6 Å². The Kier molecular flexibility index (Phi) is 3.92. The van der Waals surface area contributed by atoms with Gasteiger partial charge in [-0.3, -0.25) is 4.79 Å². The van der Waals surface area contributed by atoms with E-state index in [-0.39, 0.29) is 4.47 Å². The second-order valence-corrected chi connectivity index (χ2v) is 5.99. The molecule has 0 atom stereocenters. The van der Waals surface area contributed by atoms with Gasteiger partial charge in [-0.15, -0.1) is 0 Å². The molecule has 0 radical (unpaired) electrons. The molecule has 1 fully saturated rings. The van der Waals surface area contributed by atoms with Crippen molar-refractivity contribution < 1.29 is 18.3 Å². The van der Waals surface area contributed by atoms with Crippen LogP contribution in [0.4, 0.5) is 8.78 Å². The largest absolute Gasteiger partial charge is 0.372 e. The summed E-state index contributed by atoms with van der Waals surface area (Å²) in [5.41, 5.74) is -1.02. The molecular formula is C13H14BrF2NO2. The summed E-state index contributed by atoms with van der Waals surface area (Å²) in [5, 5.41) is 0. The number of carbonyl (C=O) groups is 1. The summed E-state index contributed by atoms with van der Waals surface area (Å²) in [6, 6.07) is 2.17. The number of carbonyl (C=O) groups excluding carboxylic acids is 1. The van der Waals surface area contributed by atoms with Crippen LogP contribution in [0.2, 0.25) is 0 Å². The van der Waals surface area contributed by atoms with Crippen LogP contribution in [0.25, 0.3) is 0 Å². The van der Waals surface area contributed by atoms with Crippen molar-refractivity contribution in [1.29, 1.82) is 0 Å². The van der Waals surface area contributed by atoms with E-state index in [4.69, 9.17) is 4.74 Å². The lowest BCUT2D eigenvalue weighted by Crippen LogP contribution is -2.50. The number of rotatable bonds is 1. The van der Waals surface area contributed by atoms with Crippen LogP contribution in [-0.4, -0.2) is 36.1 Å². The lowest BCUT2D eigenvalue weighted by Gasteiger charge is -2.38. The number of ether oxygens (including phenoxy) is 1. The summed E-state index contributed by atoms with van der Waals surface area (Å²) >= 11 is 2.99. The van der Waals surface area contributed by atoms with Gasteiger partial charge in [0.1, 0.15) is 17.2 Å². The molecule has 1 saturated heterocycles. The molecule has 1 aromatic carbocycles. The molecule has 0 aliphatic carbocycles. The highest BCUT2D eigenvalue weighted by Crippen LogP contribution is 2.23. The average molecular weight is 334 g/mol. The van der Waals surface area contributed by atoms with Gasteiger partial charge < -0.3 is 9.64 Å². The maximum atomic E-state index is 13.8. The summed E-state index contributed by atoms with van der Waals surface area (Å²) < 4.78 is 33.3. The molecule has 0 saturated carbocycles. The zero-order chi connectivity index (χ0) is 14.2. The van der Waals surface area contributed by atoms with Gasteiger partial charge in [-0.05, 0) is 26.0 Å². The van der Waals surface area contributed by atoms with Crippen LogP contribution in [-0.2, 0) is 4.74 Å². The van der Waals surface area contributed by atoms with E-state index in [0.29, 0.717) is 19.7 Å². The maximum absolute atomic E-state index is 13.8. The van der Waals surface area contributed by atoms with Crippen LogP contribution in [0, 0.1) is 11.6 Å². The topological polar surface area (TPSA) is 29.5 Å². The number of halogens is 3. The molecule has 0 spiro atoms. The molecule has 1 amide bonds. The standard InChI is InChI=1S/C13H14BrF2NO2/c1-13(2)7-17(3-4-19-13)12(18)11-9(15)5-8(14)6-10(11)16/h5-6H,3-4,7H2,1-2H3. The molecule has 1 aliphatic heterocycles. The van der Waals surface area contributed by atoms with Gasteiger partial charge in [0.05, 0.1) is 12.2 Å². The molecular weight excluding hydrogens is 320 g/mol. The van der Waals surface area contributed by atoms with Crippen LogP contribution in [0.15, 0.2) is 16.6 Å². The first kappa shape index (κ1) is 14.4. The van der Waals surface area contributed by atoms with Crippen molar-refractivity contribution in [3.05, 3.63) is 33.8 Å². The van der Waals surface area contributed by atoms with Crippen LogP contribution >= 0.6 is 15.9 Å². The number of hydrogen-bond acceptors (Lipinski definition) is 2. The highest BCUT2D eigenvalue weighted by Gasteiger charge is 2.32. The minimum atomic E-state index is -0.860. The zero-order valence-corrected chi connectivity index (χ0v) is 12.3. The van der Waals surface area contributed by atoms with Crippen molar-refractivity contribution in [3.8, 4) is 0 Å². The van der Waals surface area contributed by atoms with Gasteiger partial charge in [0.2, 0.25) is 0 Å². The number of morpholine rings is 1. The Morgan fingerprint density at radius 1 is 1.37 bits per heavy atom. The fourth-order valence-electron chi connectivity index (χ4n) is 2.09. The third-order valence-corrected chi connectivity index (χ3v) is 3.39. The predicted molar refractivity (Wildman–Crippen MR) is 70.0 cm³/mol. The van der Waals surface area contributed by atoms with Crippen molar-refractivity contribution in [3.63, 3.8) is 0 Å². The minimum absolute atomic E-state index is 0.265. The molecule has 1 aromatic rings. The molecule has 104 valence electrons. The van der Waals surface area contributed by atoms with E-state index in [9.17, 15) is 13.6 Å². The van der Waals surface area contributed by atoms with Crippen molar-refractivity contribution in [2.75, 3.05) is 19.7 Å². The fraction of sp³-hybridized carbons (Fsp3) is 0.462. The fourth-order valence-corrected chi connectivity index (χ4v) is 2.50. The monoisotopic (exact) mass is 333 g/mol. The molecule has 2 rings (SSSR count). The first-order valence-electron chi connectivity index (χ1n) is 5.88. The maximum Gasteiger partial charge on any atom is 0.260 e. The van der Waals surface area contributed by atoms with E-state index in [1.807, 2.05) is 13.8 Å². The van der Waals surface area contributed by atoms with Gasteiger partial charge >= 0.3 is 0 Å². The zero-order valence-electron chi connectivity index (χ0n) is 10.7. The quantitative estimate of drug-likeness (QED) is 0.790. The Morgan fingerprint density at radius 2 is 1.95 bits per heavy atom. The molecule has 6 heteroatoms. The smallest absolute Gasteiger partial charge is 0.260 e. The molecule has 0 N–H and O–H groups in total. The number of benzene rings is 1. The third-order valence-electron chi connectivity index (χ3n) is 2.93. The minimum Gasteiger partial charge on any atom is -0.372 e. The number of amides is 1. The second kappa shape index (κ2) is 5.17. The van der Waals surface area contributed by atoms with Crippen molar-refractivity contribution in [1.82, 2.24) is 4.90 Å². The van der Waals surface area contributed by atoms with Crippen LogP contribution < -0.4 is 0 Å². The predicted octanol–water partition coefficient (Wildman–Crippen LogP) is 2.98. The second-order valence-electron chi connectivity index (χ2n) is 5.08. The van der Waals surface area contributed by atoms with E-state index in [2.05, 4.69) is 15.9 Å². The van der Waals surface area contributed by atoms with Crippen molar-refractivity contribution in [2.45, 2.75) is 19.4 Å². The Hall–Kier alpha value is -1.01. The highest BCUT2D eigenvalue weighted by molar-refractivity contribution is 9.10. The SMILES string of the molecule is CC1(C)CN(C(=O)c2c(F)cc(Br)cc2F)CCO1. The lowest BCUT2D eigenvalue weighted by atomic mass is 10.1. The average Bonchev–Trinajstić information content (AvgIpc) is 2.25. The lowest BCUT2D eigenvalue weighted by molar-refractivity contribution is -0.0765. The van der Waals surface area contributed by atoms with E-state index in [1.165, 1.54) is 4.90 Å². The third kappa shape index (κ3) is 3.12. The van der Waals surface area contributed by atoms with E-state index >= 15 is 0 Å². The summed E-state index contributed by atoms with van der Waals surface area (Å²) in [6.07, 6.45) is 0. The van der Waals surface area contributed by atoms with Gasteiger partial charge in [-0.25, -0.2) is 8.78 Å². The summed E-state index contributed by atoms with van der Waals surface area (Å²) in [4.78, 5) is 13.6. The first-order valence-corrected chi connectivity index (χ1v) is 6.67. The Bertz CT molecular complexity index is 496. The van der Waals surface area contributed by atoms with Crippen LogP contribution in [0.3, 0.4) is 0 Å². The highest BCUT2D eigenvalue weighted by atomic mass is 79.9.